The van der Waals surface area contributed by atoms with Crippen LogP contribution in [-0.2, 0) is 0 Å². The lowest BCUT2D eigenvalue weighted by atomic mass is 10.3. The Morgan fingerprint density at radius 1 is 1.14 bits per heavy atom. The van der Waals surface area contributed by atoms with Crippen LogP contribution >= 0.6 is 22.6 Å². The lowest BCUT2D eigenvalue weighted by molar-refractivity contribution is -0.274. The minimum Gasteiger partial charge on any atom is -0.508 e. The topological polar surface area (TPSA) is 29.5 Å². The summed E-state index contributed by atoms with van der Waals surface area (Å²) in [7, 11) is 0. The molecule has 0 radical (unpaired) electrons. The predicted molar refractivity (Wildman–Crippen MR) is 54.7 cm³/mol. The molecule has 0 saturated carbocycles. The highest BCUT2D eigenvalue weighted by atomic mass is 127. The highest BCUT2D eigenvalue weighted by Crippen LogP contribution is 2.23. The largest absolute Gasteiger partial charge is 0.573 e. The van der Waals surface area contributed by atoms with E-state index < -0.39 is 6.36 Å². The van der Waals surface area contributed by atoms with Crippen LogP contribution in [0.2, 0.25) is 0 Å². The molecule has 0 fully saturated rings. The van der Waals surface area contributed by atoms with Crippen molar-refractivity contribution in [2.24, 2.45) is 0 Å². The molecule has 1 N–H and O–H groups in total. The Morgan fingerprint density at radius 2 is 1.57 bits per heavy atom. The van der Waals surface area contributed by atoms with E-state index in [-0.39, 0.29) is 11.5 Å². The van der Waals surface area contributed by atoms with Crippen molar-refractivity contribution in [2.75, 3.05) is 4.93 Å². The first-order chi connectivity index (χ1) is 6.47. The highest BCUT2D eigenvalue weighted by molar-refractivity contribution is 14.1. The fraction of sp³-hybridized carbons (Fsp3) is 0.250. The third-order valence-electron chi connectivity index (χ3n) is 1.07. The van der Waals surface area contributed by atoms with E-state index in [0.29, 0.717) is 0 Å². The molecule has 14 heavy (non-hydrogen) atoms. The summed E-state index contributed by atoms with van der Waals surface area (Å²) in [4.78, 5) is 1.97. The van der Waals surface area contributed by atoms with Gasteiger partial charge in [-0.3, -0.25) is 0 Å². The first-order valence-corrected chi connectivity index (χ1v) is 5.56. The van der Waals surface area contributed by atoms with Gasteiger partial charge in [0.25, 0.3) is 0 Å². The molecule has 1 aromatic rings. The molecule has 1 rings (SSSR count). The summed E-state index contributed by atoms with van der Waals surface area (Å²) < 4.78 is 38.2. The molecule has 80 valence electrons. The van der Waals surface area contributed by atoms with Crippen molar-refractivity contribution in [1.29, 1.82) is 0 Å². The van der Waals surface area contributed by atoms with Crippen molar-refractivity contribution in [3.8, 4) is 11.5 Å². The van der Waals surface area contributed by atoms with Gasteiger partial charge in [0.2, 0.25) is 0 Å². The number of hydrogen-bond acceptors (Lipinski definition) is 2. The zero-order valence-corrected chi connectivity index (χ0v) is 9.33. The molecule has 0 heterocycles. The fourth-order valence-corrected chi connectivity index (χ4v) is 0.648. The molecular weight excluding hydrogens is 312 g/mol. The first kappa shape index (κ1) is 13.3. The first-order valence-electron chi connectivity index (χ1n) is 3.40. The summed E-state index contributed by atoms with van der Waals surface area (Å²) in [5, 5.41) is 8.72. The van der Waals surface area contributed by atoms with Crippen LogP contribution in [0.3, 0.4) is 0 Å². The van der Waals surface area contributed by atoms with Gasteiger partial charge >= 0.3 is 6.36 Å². The van der Waals surface area contributed by atoms with Crippen LogP contribution in [0.1, 0.15) is 0 Å². The molecule has 0 unspecified atom stereocenters. The third-order valence-corrected chi connectivity index (χ3v) is 1.07. The molecule has 2 nitrogen and oxygen atoms in total. The lowest BCUT2D eigenvalue weighted by Crippen LogP contribution is -2.16. The number of hydrogen-bond donors (Lipinski definition) is 1. The highest BCUT2D eigenvalue weighted by Gasteiger charge is 2.30. The minimum absolute atomic E-state index is 0.107. The molecule has 6 heteroatoms. The predicted octanol–water partition coefficient (Wildman–Crippen LogP) is 3.34. The molecule has 0 saturated heterocycles. The number of phenols is 1. The van der Waals surface area contributed by atoms with Gasteiger partial charge in [-0.1, -0.05) is 22.6 Å². The number of benzene rings is 1. The molecule has 0 aliphatic heterocycles. The SMILES string of the molecule is CI.Oc1ccc(OC(F)(F)F)cc1. The molecule has 0 atom stereocenters. The van der Waals surface area contributed by atoms with E-state index >= 15 is 0 Å². The average molecular weight is 320 g/mol. The van der Waals surface area contributed by atoms with Gasteiger partial charge in [0.05, 0.1) is 0 Å². The van der Waals surface area contributed by atoms with E-state index in [1.807, 2.05) is 4.93 Å². The molecule has 1 aromatic carbocycles. The fourth-order valence-electron chi connectivity index (χ4n) is 0.648. The van der Waals surface area contributed by atoms with Crippen molar-refractivity contribution in [3.63, 3.8) is 0 Å². The van der Waals surface area contributed by atoms with Crippen LogP contribution in [0.15, 0.2) is 24.3 Å². The summed E-state index contributed by atoms with van der Waals surface area (Å²) in [5.41, 5.74) is 0. The number of aromatic hydroxyl groups is 1. The van der Waals surface area contributed by atoms with Gasteiger partial charge in [-0.2, -0.15) is 0 Å². The number of alkyl halides is 4. The normalized spacial score (nSPS) is 10.1. The van der Waals surface area contributed by atoms with Crippen molar-refractivity contribution < 1.29 is 23.0 Å². The van der Waals surface area contributed by atoms with E-state index in [0.717, 1.165) is 24.3 Å². The van der Waals surface area contributed by atoms with Gasteiger partial charge in [-0.25, -0.2) is 0 Å². The van der Waals surface area contributed by atoms with E-state index in [1.165, 1.54) is 0 Å². The van der Waals surface area contributed by atoms with Crippen LogP contribution in [0.4, 0.5) is 13.2 Å². The second-order valence-electron chi connectivity index (χ2n) is 2.04. The van der Waals surface area contributed by atoms with Gasteiger partial charge < -0.3 is 9.84 Å². The molecule has 0 aromatic heterocycles. The van der Waals surface area contributed by atoms with Gasteiger partial charge in [0.1, 0.15) is 11.5 Å². The standard InChI is InChI=1S/C7H5F3O2.CH3I/c8-7(9,10)12-6-3-1-5(11)2-4-6;1-2/h1-4,11H;1H3. The maximum absolute atomic E-state index is 11.6. The molecule has 0 bridgehead atoms. The molecule has 0 amide bonds. The zero-order chi connectivity index (χ0) is 11.2. The summed E-state index contributed by atoms with van der Waals surface area (Å²) >= 11 is 2.15. The maximum atomic E-state index is 11.6. The Labute approximate surface area is 92.8 Å². The average Bonchev–Trinajstić information content (AvgIpc) is 2.10. The molecule has 0 aliphatic carbocycles. The van der Waals surface area contributed by atoms with Crippen LogP contribution < -0.4 is 4.74 Å². The van der Waals surface area contributed by atoms with Crippen molar-refractivity contribution in [2.45, 2.75) is 6.36 Å². The van der Waals surface area contributed by atoms with E-state index in [4.69, 9.17) is 5.11 Å². The monoisotopic (exact) mass is 320 g/mol. The van der Waals surface area contributed by atoms with E-state index in [2.05, 4.69) is 27.3 Å². The Morgan fingerprint density at radius 3 is 1.93 bits per heavy atom. The van der Waals surface area contributed by atoms with Crippen molar-refractivity contribution >= 4 is 22.6 Å². The molecule has 0 aliphatic rings. The smallest absolute Gasteiger partial charge is 0.508 e. The molecule has 0 spiro atoms. The van der Waals surface area contributed by atoms with Crippen LogP contribution in [0.5, 0.6) is 11.5 Å². The quantitative estimate of drug-likeness (QED) is 0.635. The van der Waals surface area contributed by atoms with E-state index in [1.54, 1.807) is 0 Å². The minimum atomic E-state index is -4.68. The van der Waals surface area contributed by atoms with Gasteiger partial charge in [0, 0.05) is 0 Å². The Hall–Kier alpha value is -0.660. The van der Waals surface area contributed by atoms with Crippen LogP contribution in [0.25, 0.3) is 0 Å². The number of halogens is 4. The molecular formula is C8H8F3IO2. The van der Waals surface area contributed by atoms with Crippen LogP contribution in [-0.4, -0.2) is 16.4 Å². The number of rotatable bonds is 1. The summed E-state index contributed by atoms with van der Waals surface area (Å²) in [6.45, 7) is 0. The van der Waals surface area contributed by atoms with Crippen molar-refractivity contribution in [1.82, 2.24) is 0 Å². The Balaban J connectivity index is 0.000000791. The van der Waals surface area contributed by atoms with Gasteiger partial charge in [-0.15, -0.1) is 13.2 Å². The Bertz CT molecular complexity index is 258. The Kier molecular flexibility index (Phi) is 5.66. The van der Waals surface area contributed by atoms with E-state index in [9.17, 15) is 13.2 Å². The summed E-state index contributed by atoms with van der Waals surface area (Å²) in [6, 6.07) is 4.29. The second-order valence-corrected chi connectivity index (χ2v) is 2.04. The zero-order valence-electron chi connectivity index (χ0n) is 7.18. The number of ether oxygens (including phenoxy) is 1. The van der Waals surface area contributed by atoms with Crippen LogP contribution in [0, 0.1) is 0 Å². The summed E-state index contributed by atoms with van der Waals surface area (Å²) in [6.07, 6.45) is -4.68. The van der Waals surface area contributed by atoms with Gasteiger partial charge in [0.15, 0.2) is 0 Å². The number of phenolic OH excluding ortho intramolecular Hbond substituents is 1. The summed E-state index contributed by atoms with van der Waals surface area (Å²) in [5.74, 6) is -0.454. The lowest BCUT2D eigenvalue weighted by Gasteiger charge is -2.07. The maximum Gasteiger partial charge on any atom is 0.573 e. The van der Waals surface area contributed by atoms with Crippen molar-refractivity contribution in [3.05, 3.63) is 24.3 Å². The van der Waals surface area contributed by atoms with Gasteiger partial charge in [-0.05, 0) is 29.2 Å². The third kappa shape index (κ3) is 5.90. The second kappa shape index (κ2) is 5.94.